The van der Waals surface area contributed by atoms with Crippen LogP contribution in [0.15, 0.2) is 0 Å². The topological polar surface area (TPSA) is 27.7 Å². The van der Waals surface area contributed by atoms with Crippen molar-refractivity contribution in [3.8, 4) is 0 Å². The fourth-order valence-corrected chi connectivity index (χ4v) is 22.3. The average Bonchev–Trinajstić information content (AvgIpc) is 2.26. The van der Waals surface area contributed by atoms with Crippen molar-refractivity contribution in [2.75, 3.05) is 0 Å². The Balaban J connectivity index is 4.39. The number of halogens is 1. The van der Waals surface area contributed by atoms with Gasteiger partial charge in [0, 0.05) is 0 Å². The predicted octanol–water partition coefficient (Wildman–Crippen LogP) is 6.95. The van der Waals surface area contributed by atoms with Crippen LogP contribution in [0.25, 0.3) is 0 Å². The Kier molecular flexibility index (Phi) is 10.8. The molecule has 0 atom stereocenters. The molecular weight excluding hydrogens is 388 g/mol. The van der Waals surface area contributed by atoms with Gasteiger partial charge in [-0.1, -0.05) is 45.4 Å². The molecule has 0 aromatic heterocycles. The van der Waals surface area contributed by atoms with Crippen LogP contribution in [0.4, 0.5) is 0 Å². The van der Waals surface area contributed by atoms with E-state index in [1.165, 1.54) is 44.6 Å². The maximum atomic E-state index is 6.59. The molecule has 0 radical (unpaired) electrons. The molecule has 0 unspecified atom stereocenters. The first-order chi connectivity index (χ1) is 10.7. The minimum atomic E-state index is -2.24. The highest BCUT2D eigenvalue weighted by Gasteiger charge is 2.42. The summed E-state index contributed by atoms with van der Waals surface area (Å²) in [5.41, 5.74) is 0. The Morgan fingerprint density at radius 3 is 1.58 bits per heavy atom. The number of hydrogen-bond donors (Lipinski definition) is 0. The SMILES string of the molecule is CCCCCCCC[Si](C)(C)O[Si](C)(C)O[Si](C)(C)O[Si](C)(C)Cl. The Morgan fingerprint density at radius 1 is 0.625 bits per heavy atom. The molecule has 8 heteroatoms. The monoisotopic (exact) mass is 428 g/mol. The van der Waals surface area contributed by atoms with Gasteiger partial charge in [-0.15, -0.1) is 11.1 Å². The van der Waals surface area contributed by atoms with E-state index in [2.05, 4.69) is 46.2 Å². The van der Waals surface area contributed by atoms with Crippen LogP contribution in [0, 0.1) is 0 Å². The summed E-state index contributed by atoms with van der Waals surface area (Å²) in [6.07, 6.45) is 8.02. The van der Waals surface area contributed by atoms with Crippen molar-refractivity contribution in [3.05, 3.63) is 0 Å². The van der Waals surface area contributed by atoms with Crippen LogP contribution in [0.1, 0.15) is 45.4 Å². The van der Waals surface area contributed by atoms with E-state index < -0.39 is 33.1 Å². The summed E-state index contributed by atoms with van der Waals surface area (Å²) in [4.78, 5) is 0. The summed E-state index contributed by atoms with van der Waals surface area (Å²) >= 11 is 6.35. The average molecular weight is 429 g/mol. The largest absolute Gasteiger partial charge is 0.436 e. The molecule has 0 aliphatic rings. The fourth-order valence-electron chi connectivity index (χ4n) is 3.27. The van der Waals surface area contributed by atoms with Crippen molar-refractivity contribution >= 4 is 44.1 Å². The third kappa shape index (κ3) is 14.2. The minimum absolute atomic E-state index is 1.22. The van der Waals surface area contributed by atoms with Crippen molar-refractivity contribution in [2.45, 2.75) is 104 Å². The summed E-state index contributed by atoms with van der Waals surface area (Å²) in [5.74, 6) is 0. The van der Waals surface area contributed by atoms with Gasteiger partial charge >= 0.3 is 17.1 Å². The summed E-state index contributed by atoms with van der Waals surface area (Å²) in [7, 11) is -8.22. The van der Waals surface area contributed by atoms with Crippen LogP contribution in [0.2, 0.25) is 58.4 Å². The Morgan fingerprint density at radius 2 is 1.08 bits per heavy atom. The van der Waals surface area contributed by atoms with E-state index in [0.29, 0.717) is 0 Å². The van der Waals surface area contributed by atoms with E-state index in [0.717, 1.165) is 0 Å². The second-order valence-corrected chi connectivity index (χ2v) is 26.3. The van der Waals surface area contributed by atoms with Crippen LogP contribution in [-0.4, -0.2) is 33.1 Å². The Bertz CT molecular complexity index is 358. The highest BCUT2D eigenvalue weighted by molar-refractivity contribution is 7.17. The molecule has 146 valence electrons. The maximum Gasteiger partial charge on any atom is 0.313 e. The van der Waals surface area contributed by atoms with Gasteiger partial charge in [0.2, 0.25) is 0 Å². The van der Waals surface area contributed by atoms with Crippen LogP contribution in [-0.2, 0) is 12.3 Å². The highest BCUT2D eigenvalue weighted by atomic mass is 35.6. The van der Waals surface area contributed by atoms with E-state index in [1.807, 2.05) is 13.1 Å². The summed E-state index contributed by atoms with van der Waals surface area (Å²) in [5, 5.41) is 0. The normalized spacial score (nSPS) is 14.2. The third-order valence-electron chi connectivity index (χ3n) is 3.63. The molecule has 0 aliphatic heterocycles. The standard InChI is InChI=1S/C16H41ClO3Si4/c1-10-11-12-13-14-15-16-21(2,3)18-23(6,7)20-24(8,9)19-22(4,5)17/h10-16H2,1-9H3. The van der Waals surface area contributed by atoms with E-state index in [1.54, 1.807) is 0 Å². The molecule has 0 fully saturated rings. The lowest BCUT2D eigenvalue weighted by atomic mass is 10.1. The molecular formula is C16H41ClO3Si4. The molecule has 0 saturated heterocycles. The lowest BCUT2D eigenvalue weighted by molar-refractivity contribution is 0.331. The van der Waals surface area contributed by atoms with Crippen LogP contribution in [0.3, 0.4) is 0 Å². The molecule has 0 spiro atoms. The summed E-state index contributed by atoms with van der Waals surface area (Å²) < 4.78 is 19.1. The van der Waals surface area contributed by atoms with Crippen LogP contribution < -0.4 is 0 Å². The van der Waals surface area contributed by atoms with Crippen molar-refractivity contribution < 1.29 is 12.3 Å². The second-order valence-electron chi connectivity index (χ2n) is 8.75. The van der Waals surface area contributed by atoms with E-state index in [4.69, 9.17) is 23.4 Å². The van der Waals surface area contributed by atoms with Gasteiger partial charge < -0.3 is 12.3 Å². The molecule has 0 aliphatic carbocycles. The third-order valence-corrected chi connectivity index (χ3v) is 17.9. The zero-order chi connectivity index (χ0) is 19.1. The smallest absolute Gasteiger partial charge is 0.313 e. The molecule has 0 bridgehead atoms. The van der Waals surface area contributed by atoms with Gasteiger partial charge in [0.1, 0.15) is 0 Å². The molecule has 3 nitrogen and oxygen atoms in total. The predicted molar refractivity (Wildman–Crippen MR) is 117 cm³/mol. The van der Waals surface area contributed by atoms with E-state index in [9.17, 15) is 0 Å². The Labute approximate surface area is 160 Å². The fraction of sp³-hybridized carbons (Fsp3) is 1.00. The molecule has 0 saturated carbocycles. The van der Waals surface area contributed by atoms with Gasteiger partial charge in [-0.2, -0.15) is 0 Å². The van der Waals surface area contributed by atoms with Gasteiger partial charge in [0.05, 0.1) is 0 Å². The van der Waals surface area contributed by atoms with Gasteiger partial charge in [-0.25, -0.2) is 0 Å². The van der Waals surface area contributed by atoms with E-state index in [-0.39, 0.29) is 0 Å². The van der Waals surface area contributed by atoms with Crippen molar-refractivity contribution in [3.63, 3.8) is 0 Å². The highest BCUT2D eigenvalue weighted by Crippen LogP contribution is 2.27. The molecule has 24 heavy (non-hydrogen) atoms. The maximum absolute atomic E-state index is 6.59. The van der Waals surface area contributed by atoms with Gasteiger partial charge in [-0.05, 0) is 58.4 Å². The van der Waals surface area contributed by atoms with Gasteiger partial charge in [0.15, 0.2) is 8.32 Å². The van der Waals surface area contributed by atoms with Crippen LogP contribution in [0.5, 0.6) is 0 Å². The first-order valence-corrected chi connectivity index (χ1v) is 22.1. The molecule has 0 amide bonds. The molecule has 0 aromatic carbocycles. The van der Waals surface area contributed by atoms with Crippen molar-refractivity contribution in [2.24, 2.45) is 0 Å². The summed E-state index contributed by atoms with van der Waals surface area (Å²) in [6, 6.07) is 1.22. The van der Waals surface area contributed by atoms with E-state index >= 15 is 0 Å². The lowest BCUT2D eigenvalue weighted by Gasteiger charge is -2.39. The number of hydrogen-bond acceptors (Lipinski definition) is 3. The number of unbranched alkanes of at least 4 members (excludes halogenated alkanes) is 5. The van der Waals surface area contributed by atoms with Gasteiger partial charge in [0.25, 0.3) is 7.63 Å². The second kappa shape index (κ2) is 10.4. The van der Waals surface area contributed by atoms with Crippen LogP contribution >= 0.6 is 11.1 Å². The first-order valence-electron chi connectivity index (χ1n) is 9.47. The summed E-state index contributed by atoms with van der Waals surface area (Å²) in [6.45, 7) is 19.4. The minimum Gasteiger partial charge on any atom is -0.436 e. The molecule has 0 aromatic rings. The lowest BCUT2D eigenvalue weighted by Crippen LogP contribution is -2.55. The zero-order valence-corrected chi connectivity index (χ0v) is 22.3. The van der Waals surface area contributed by atoms with Crippen molar-refractivity contribution in [1.82, 2.24) is 0 Å². The molecule has 0 rings (SSSR count). The quantitative estimate of drug-likeness (QED) is 0.180. The molecule has 0 N–H and O–H groups in total. The Hall–Kier alpha value is 1.04. The first kappa shape index (κ1) is 25.0. The zero-order valence-electron chi connectivity index (χ0n) is 17.6. The van der Waals surface area contributed by atoms with Crippen molar-refractivity contribution in [1.29, 1.82) is 0 Å². The molecule has 0 heterocycles. The number of rotatable bonds is 13. The van der Waals surface area contributed by atoms with Gasteiger partial charge in [-0.3, -0.25) is 0 Å².